The number of piperidine rings is 1. The van der Waals surface area contributed by atoms with Crippen molar-refractivity contribution in [3.8, 4) is 0 Å². The minimum atomic E-state index is -0.228. The van der Waals surface area contributed by atoms with Crippen molar-refractivity contribution < 1.29 is 14.0 Å². The molecule has 31 heavy (non-hydrogen) atoms. The minimum absolute atomic E-state index is 0.0814. The molecule has 1 atom stereocenters. The molecule has 1 aliphatic heterocycles. The molecule has 5 nitrogen and oxygen atoms in total. The van der Waals surface area contributed by atoms with E-state index in [0.29, 0.717) is 37.9 Å². The fourth-order valence-electron chi connectivity index (χ4n) is 4.18. The maximum absolute atomic E-state index is 14.4. The average Bonchev–Trinajstić information content (AvgIpc) is 3.29. The number of carbonyl (C=O) groups excluding carboxylic acids is 2. The molecule has 0 bridgehead atoms. The fourth-order valence-corrected chi connectivity index (χ4v) is 5.12. The predicted molar refractivity (Wildman–Crippen MR) is 125 cm³/mol. The Morgan fingerprint density at radius 3 is 2.71 bits per heavy atom. The first-order chi connectivity index (χ1) is 15.0. The lowest BCUT2D eigenvalue weighted by atomic mass is 9.84. The molecule has 2 heterocycles. The third-order valence-corrected chi connectivity index (χ3v) is 7.30. The summed E-state index contributed by atoms with van der Waals surface area (Å²) in [6.07, 6.45) is 4.91. The van der Waals surface area contributed by atoms with Crippen LogP contribution in [0.3, 0.4) is 0 Å². The van der Waals surface area contributed by atoms with E-state index in [1.54, 1.807) is 29.4 Å². The van der Waals surface area contributed by atoms with Crippen LogP contribution in [0.15, 0.2) is 35.2 Å². The van der Waals surface area contributed by atoms with E-state index in [1.807, 2.05) is 34.5 Å². The second-order valence-corrected chi connectivity index (χ2v) is 9.69. The van der Waals surface area contributed by atoms with E-state index in [4.69, 9.17) is 0 Å². The van der Waals surface area contributed by atoms with Gasteiger partial charge < -0.3 is 9.80 Å². The second kappa shape index (κ2) is 11.6. The molecule has 1 fully saturated rings. The Bertz CT molecular complexity index is 854. The van der Waals surface area contributed by atoms with Crippen molar-refractivity contribution in [3.05, 3.63) is 52.2 Å². The lowest BCUT2D eigenvalue weighted by Crippen LogP contribution is -2.48. The summed E-state index contributed by atoms with van der Waals surface area (Å²) in [5, 5.41) is 1.91. The van der Waals surface area contributed by atoms with Gasteiger partial charge in [0.1, 0.15) is 5.82 Å². The van der Waals surface area contributed by atoms with Crippen molar-refractivity contribution in [2.24, 2.45) is 5.92 Å². The molecule has 1 saturated heterocycles. The number of hydrogen-bond acceptors (Lipinski definition) is 5. The average molecular weight is 464 g/mol. The van der Waals surface area contributed by atoms with E-state index in [0.717, 1.165) is 24.3 Å². The van der Waals surface area contributed by atoms with Crippen molar-refractivity contribution in [2.45, 2.75) is 38.1 Å². The van der Waals surface area contributed by atoms with Gasteiger partial charge in [0.05, 0.1) is 17.6 Å². The largest absolute Gasteiger partial charge is 0.342 e. The van der Waals surface area contributed by atoms with Crippen LogP contribution < -0.4 is 0 Å². The van der Waals surface area contributed by atoms with Gasteiger partial charge in [-0.25, -0.2) is 9.37 Å². The third-order valence-electron chi connectivity index (χ3n) is 6.05. The number of benzene rings is 1. The summed E-state index contributed by atoms with van der Waals surface area (Å²) in [7, 11) is 1.84. The number of aromatic nitrogens is 1. The topological polar surface area (TPSA) is 53.5 Å². The monoisotopic (exact) mass is 463 g/mol. The van der Waals surface area contributed by atoms with Gasteiger partial charge in [-0.2, -0.15) is 11.8 Å². The number of halogens is 1. The summed E-state index contributed by atoms with van der Waals surface area (Å²) in [4.78, 5) is 33.3. The van der Waals surface area contributed by atoms with Crippen LogP contribution in [0.5, 0.6) is 0 Å². The number of hydrogen-bond donors (Lipinski definition) is 0. The number of nitrogens with zero attached hydrogens (tertiary/aromatic N) is 3. The molecule has 1 aromatic heterocycles. The zero-order chi connectivity index (χ0) is 22.2. The van der Waals surface area contributed by atoms with Crippen molar-refractivity contribution in [1.82, 2.24) is 14.8 Å². The van der Waals surface area contributed by atoms with E-state index in [-0.39, 0.29) is 29.6 Å². The lowest BCUT2D eigenvalue weighted by Gasteiger charge is -2.40. The fraction of sp³-hybridized carbons (Fsp3) is 0.522. The maximum Gasteiger partial charge on any atom is 0.228 e. The normalized spacial score (nSPS) is 15.6. The van der Waals surface area contributed by atoms with E-state index in [9.17, 15) is 14.0 Å². The van der Waals surface area contributed by atoms with Gasteiger partial charge in [-0.05, 0) is 43.1 Å². The molecule has 2 aromatic rings. The van der Waals surface area contributed by atoms with Crippen LogP contribution in [-0.4, -0.2) is 64.8 Å². The van der Waals surface area contributed by atoms with Gasteiger partial charge in [0.15, 0.2) is 0 Å². The van der Waals surface area contributed by atoms with Crippen molar-refractivity contribution in [2.75, 3.05) is 32.1 Å². The highest BCUT2D eigenvalue weighted by molar-refractivity contribution is 7.98. The highest BCUT2D eigenvalue weighted by Crippen LogP contribution is 2.28. The predicted octanol–water partition coefficient (Wildman–Crippen LogP) is 3.89. The summed E-state index contributed by atoms with van der Waals surface area (Å²) in [6.45, 7) is 1.32. The summed E-state index contributed by atoms with van der Waals surface area (Å²) in [6, 6.07) is 6.72. The number of rotatable bonds is 9. The first-order valence-corrected chi connectivity index (χ1v) is 13.0. The van der Waals surface area contributed by atoms with E-state index in [1.165, 1.54) is 17.4 Å². The van der Waals surface area contributed by atoms with Crippen LogP contribution >= 0.6 is 23.1 Å². The van der Waals surface area contributed by atoms with E-state index in [2.05, 4.69) is 4.98 Å². The first-order valence-electron chi connectivity index (χ1n) is 10.6. The van der Waals surface area contributed by atoms with Crippen LogP contribution in [0.25, 0.3) is 0 Å². The standard InChI is InChI=1S/C23H30FN3O2S2/c1-26(22(28)9-12-30-2)21(13-18-5-3-4-6-20(18)24)17-7-10-27(11-8-17)23(29)14-19-15-31-16-25-19/h3-6,15-17,21H,7-14H2,1-2H3/t21-/m0/s1. The van der Waals surface area contributed by atoms with E-state index >= 15 is 0 Å². The molecule has 0 unspecified atom stereocenters. The Kier molecular flexibility index (Phi) is 8.90. The number of thioether (sulfide) groups is 1. The van der Waals surface area contributed by atoms with Crippen LogP contribution in [0.2, 0.25) is 0 Å². The van der Waals surface area contributed by atoms with Gasteiger partial charge >= 0.3 is 0 Å². The quantitative estimate of drug-likeness (QED) is 0.566. The SMILES string of the molecule is CSCCC(=O)N(C)[C@@H](Cc1ccccc1F)C1CCN(C(=O)Cc2cscn2)CC1. The molecule has 168 valence electrons. The summed E-state index contributed by atoms with van der Waals surface area (Å²) in [5.74, 6) is 0.968. The number of amides is 2. The zero-order valence-electron chi connectivity index (χ0n) is 18.1. The van der Waals surface area contributed by atoms with Crippen LogP contribution in [0.4, 0.5) is 4.39 Å². The van der Waals surface area contributed by atoms with Gasteiger partial charge in [0, 0.05) is 43.7 Å². The van der Waals surface area contributed by atoms with Gasteiger partial charge in [-0.3, -0.25) is 9.59 Å². The van der Waals surface area contributed by atoms with Crippen LogP contribution in [0, 0.1) is 11.7 Å². The summed E-state index contributed by atoms with van der Waals surface area (Å²) >= 11 is 3.14. The van der Waals surface area contributed by atoms with Gasteiger partial charge in [0.2, 0.25) is 11.8 Å². The van der Waals surface area contributed by atoms with Gasteiger partial charge in [-0.15, -0.1) is 11.3 Å². The van der Waals surface area contributed by atoms with Gasteiger partial charge in [0.25, 0.3) is 0 Å². The van der Waals surface area contributed by atoms with Crippen molar-refractivity contribution in [3.63, 3.8) is 0 Å². The van der Waals surface area contributed by atoms with Crippen LogP contribution in [0.1, 0.15) is 30.5 Å². The van der Waals surface area contributed by atoms with Crippen LogP contribution in [-0.2, 0) is 22.4 Å². The molecule has 0 radical (unpaired) electrons. The highest BCUT2D eigenvalue weighted by atomic mass is 32.2. The molecule has 0 N–H and O–H groups in total. The number of likely N-dealkylation sites (N-methyl/N-ethyl adjacent to an activating group) is 1. The molecular weight excluding hydrogens is 433 g/mol. The molecule has 2 amide bonds. The van der Waals surface area contributed by atoms with Crippen molar-refractivity contribution >= 4 is 34.9 Å². The summed E-state index contributed by atoms with van der Waals surface area (Å²) in [5.41, 5.74) is 3.19. The number of carbonyl (C=O) groups is 2. The molecule has 0 spiro atoms. The van der Waals surface area contributed by atoms with E-state index < -0.39 is 0 Å². The Balaban J connectivity index is 1.66. The molecule has 3 rings (SSSR count). The molecule has 1 aromatic carbocycles. The smallest absolute Gasteiger partial charge is 0.228 e. The second-order valence-electron chi connectivity index (χ2n) is 7.99. The molecule has 0 saturated carbocycles. The number of likely N-dealkylation sites (tertiary alicyclic amines) is 1. The Hall–Kier alpha value is -1.93. The Morgan fingerprint density at radius 2 is 2.06 bits per heavy atom. The molecule has 8 heteroatoms. The molecule has 0 aliphatic carbocycles. The molecule has 1 aliphatic rings. The number of thiazole rings is 1. The molecular formula is C23H30FN3O2S2. The highest BCUT2D eigenvalue weighted by Gasteiger charge is 2.33. The summed E-state index contributed by atoms with van der Waals surface area (Å²) < 4.78 is 14.4. The minimum Gasteiger partial charge on any atom is -0.342 e. The zero-order valence-corrected chi connectivity index (χ0v) is 19.8. The first kappa shape index (κ1) is 23.7. The Labute approximate surface area is 192 Å². The van der Waals surface area contributed by atoms with Crippen molar-refractivity contribution in [1.29, 1.82) is 0 Å². The van der Waals surface area contributed by atoms with Gasteiger partial charge in [-0.1, -0.05) is 18.2 Å². The Morgan fingerprint density at radius 1 is 1.32 bits per heavy atom. The third kappa shape index (κ3) is 6.53. The maximum atomic E-state index is 14.4. The lowest BCUT2D eigenvalue weighted by molar-refractivity contribution is -0.135.